The largest absolute Gasteiger partial charge is 0.420 e. The Morgan fingerprint density at radius 3 is 2.52 bits per heavy atom. The molecule has 0 unspecified atom stereocenters. The van der Waals surface area contributed by atoms with Gasteiger partial charge in [-0.05, 0) is 29.3 Å². The molecule has 0 aliphatic rings. The summed E-state index contributed by atoms with van der Waals surface area (Å²) in [5, 5.41) is 7.64. The Kier molecular flexibility index (Phi) is 3.15. The number of carbonyl (C=O) groups is 1. The van der Waals surface area contributed by atoms with E-state index < -0.39 is 5.91 Å². The Morgan fingerprint density at radius 2 is 1.90 bits per heavy atom. The number of amides is 1. The molecule has 0 saturated carbocycles. The molecular formula is C14H11N5O2. The van der Waals surface area contributed by atoms with Crippen LogP contribution in [0.1, 0.15) is 16.2 Å². The quantitative estimate of drug-likeness (QED) is 0.781. The van der Waals surface area contributed by atoms with Crippen molar-refractivity contribution in [3.8, 4) is 22.7 Å². The van der Waals surface area contributed by atoms with Crippen molar-refractivity contribution in [1.82, 2.24) is 20.2 Å². The molecule has 3 aromatic rings. The van der Waals surface area contributed by atoms with Crippen LogP contribution in [0.4, 0.5) is 0 Å². The third kappa shape index (κ3) is 2.36. The molecule has 0 aromatic carbocycles. The molecule has 0 radical (unpaired) electrons. The Labute approximate surface area is 119 Å². The van der Waals surface area contributed by atoms with Gasteiger partial charge in [-0.25, -0.2) is 0 Å². The monoisotopic (exact) mass is 281 g/mol. The van der Waals surface area contributed by atoms with Crippen molar-refractivity contribution >= 4 is 5.91 Å². The highest BCUT2D eigenvalue weighted by atomic mass is 16.4. The lowest BCUT2D eigenvalue weighted by atomic mass is 9.99. The van der Waals surface area contributed by atoms with E-state index in [1.54, 1.807) is 43.7 Å². The van der Waals surface area contributed by atoms with Crippen molar-refractivity contribution in [3.05, 3.63) is 48.2 Å². The Morgan fingerprint density at radius 1 is 1.14 bits per heavy atom. The zero-order valence-corrected chi connectivity index (χ0v) is 11.1. The molecule has 0 atom stereocenters. The van der Waals surface area contributed by atoms with Crippen LogP contribution in [0.15, 0.2) is 41.2 Å². The number of nitrogens with zero attached hydrogens (tertiary/aromatic N) is 4. The van der Waals surface area contributed by atoms with Gasteiger partial charge in [0.2, 0.25) is 5.89 Å². The summed E-state index contributed by atoms with van der Waals surface area (Å²) in [5.74, 6) is -0.0606. The second-order valence-electron chi connectivity index (χ2n) is 4.31. The first kappa shape index (κ1) is 12.9. The van der Waals surface area contributed by atoms with Crippen molar-refractivity contribution in [2.75, 3.05) is 0 Å². The molecule has 21 heavy (non-hydrogen) atoms. The maximum absolute atomic E-state index is 11.9. The summed E-state index contributed by atoms with van der Waals surface area (Å²) in [6.45, 7) is 1.66. The summed E-state index contributed by atoms with van der Waals surface area (Å²) >= 11 is 0. The number of rotatable bonds is 3. The zero-order valence-electron chi connectivity index (χ0n) is 11.1. The molecule has 0 bridgehead atoms. The number of aryl methyl sites for hydroxylation is 1. The van der Waals surface area contributed by atoms with Gasteiger partial charge in [0, 0.05) is 25.5 Å². The molecule has 3 rings (SSSR count). The van der Waals surface area contributed by atoms with Gasteiger partial charge >= 0.3 is 0 Å². The number of aromatic nitrogens is 4. The first-order valence-corrected chi connectivity index (χ1v) is 6.16. The summed E-state index contributed by atoms with van der Waals surface area (Å²) in [5.41, 5.74) is 7.48. The SMILES string of the molecule is Cc1nnc(-c2nccc(-c3ccncc3)c2C(N)=O)o1. The van der Waals surface area contributed by atoms with Crippen LogP contribution in [-0.2, 0) is 0 Å². The minimum atomic E-state index is -0.610. The number of hydrogen-bond acceptors (Lipinski definition) is 6. The van der Waals surface area contributed by atoms with Crippen LogP contribution in [0.2, 0.25) is 0 Å². The van der Waals surface area contributed by atoms with Gasteiger partial charge in [-0.3, -0.25) is 14.8 Å². The Balaban J connectivity index is 2.25. The summed E-state index contributed by atoms with van der Waals surface area (Å²) in [4.78, 5) is 20.0. The van der Waals surface area contributed by atoms with Crippen molar-refractivity contribution in [3.63, 3.8) is 0 Å². The average Bonchev–Trinajstić information content (AvgIpc) is 2.94. The fourth-order valence-corrected chi connectivity index (χ4v) is 2.04. The molecule has 7 heteroatoms. The molecule has 0 spiro atoms. The van der Waals surface area contributed by atoms with Crippen LogP contribution >= 0.6 is 0 Å². The lowest BCUT2D eigenvalue weighted by Crippen LogP contribution is -2.15. The summed E-state index contributed by atoms with van der Waals surface area (Å²) in [6, 6.07) is 5.28. The van der Waals surface area contributed by atoms with E-state index in [0.717, 1.165) is 5.56 Å². The van der Waals surface area contributed by atoms with Crippen LogP contribution in [0.25, 0.3) is 22.7 Å². The molecule has 2 N–H and O–H groups in total. The highest BCUT2D eigenvalue weighted by molar-refractivity contribution is 6.04. The predicted octanol–water partition coefficient (Wildman–Crippen LogP) is 1.60. The van der Waals surface area contributed by atoms with Gasteiger partial charge in [-0.1, -0.05) is 0 Å². The molecule has 3 heterocycles. The average molecular weight is 281 g/mol. The highest BCUT2D eigenvalue weighted by Gasteiger charge is 2.21. The third-order valence-corrected chi connectivity index (χ3v) is 2.92. The van der Waals surface area contributed by atoms with Crippen molar-refractivity contribution < 1.29 is 9.21 Å². The molecule has 104 valence electrons. The van der Waals surface area contributed by atoms with Gasteiger partial charge in [0.05, 0.1) is 5.56 Å². The summed E-state index contributed by atoms with van der Waals surface area (Å²) < 4.78 is 5.35. The van der Waals surface area contributed by atoms with Crippen LogP contribution in [0, 0.1) is 6.92 Å². The number of nitrogens with two attached hydrogens (primary N) is 1. The van der Waals surface area contributed by atoms with Crippen LogP contribution in [-0.4, -0.2) is 26.1 Å². The van der Waals surface area contributed by atoms with E-state index in [2.05, 4.69) is 20.2 Å². The molecule has 1 amide bonds. The molecule has 0 fully saturated rings. The second-order valence-corrected chi connectivity index (χ2v) is 4.31. The number of primary amides is 1. The van der Waals surface area contributed by atoms with E-state index in [1.807, 2.05) is 0 Å². The van der Waals surface area contributed by atoms with Crippen molar-refractivity contribution in [1.29, 1.82) is 0 Å². The smallest absolute Gasteiger partial charge is 0.267 e. The molecule has 7 nitrogen and oxygen atoms in total. The van der Waals surface area contributed by atoms with E-state index in [-0.39, 0.29) is 17.1 Å². The number of carbonyl (C=O) groups excluding carboxylic acids is 1. The van der Waals surface area contributed by atoms with Gasteiger partial charge in [0.25, 0.3) is 11.8 Å². The molecule has 3 aromatic heterocycles. The molecule has 0 aliphatic heterocycles. The van der Waals surface area contributed by atoms with E-state index in [9.17, 15) is 4.79 Å². The molecule has 0 aliphatic carbocycles. The van der Waals surface area contributed by atoms with Crippen LogP contribution < -0.4 is 5.73 Å². The van der Waals surface area contributed by atoms with E-state index >= 15 is 0 Å². The maximum atomic E-state index is 11.9. The number of hydrogen-bond donors (Lipinski definition) is 1. The zero-order chi connectivity index (χ0) is 14.8. The fourth-order valence-electron chi connectivity index (χ4n) is 2.04. The lowest BCUT2D eigenvalue weighted by molar-refractivity contribution is 0.100. The maximum Gasteiger partial charge on any atom is 0.267 e. The first-order chi connectivity index (χ1) is 10.2. The van der Waals surface area contributed by atoms with Gasteiger partial charge in [0.15, 0.2) is 0 Å². The normalized spacial score (nSPS) is 10.5. The van der Waals surface area contributed by atoms with Crippen molar-refractivity contribution in [2.24, 2.45) is 5.73 Å². The second kappa shape index (κ2) is 5.12. The number of pyridine rings is 2. The van der Waals surface area contributed by atoms with Gasteiger partial charge < -0.3 is 10.2 Å². The topological polar surface area (TPSA) is 108 Å². The molecule has 0 saturated heterocycles. The van der Waals surface area contributed by atoms with E-state index in [4.69, 9.17) is 10.2 Å². The van der Waals surface area contributed by atoms with E-state index in [0.29, 0.717) is 11.5 Å². The third-order valence-electron chi connectivity index (χ3n) is 2.92. The van der Waals surface area contributed by atoms with Gasteiger partial charge in [-0.15, -0.1) is 10.2 Å². The minimum absolute atomic E-state index is 0.164. The van der Waals surface area contributed by atoms with Crippen LogP contribution in [0.3, 0.4) is 0 Å². The summed E-state index contributed by atoms with van der Waals surface area (Å²) in [7, 11) is 0. The minimum Gasteiger partial charge on any atom is -0.420 e. The highest BCUT2D eigenvalue weighted by Crippen LogP contribution is 2.29. The lowest BCUT2D eigenvalue weighted by Gasteiger charge is -2.09. The van der Waals surface area contributed by atoms with E-state index in [1.165, 1.54) is 0 Å². The standard InChI is InChI=1S/C14H11N5O2/c1-8-18-19-14(21-8)12-11(13(15)20)10(4-7-17-12)9-2-5-16-6-3-9/h2-7H,1H3,(H2,15,20). The van der Waals surface area contributed by atoms with Crippen molar-refractivity contribution in [2.45, 2.75) is 6.92 Å². The predicted molar refractivity (Wildman–Crippen MR) is 74.0 cm³/mol. The fraction of sp³-hybridized carbons (Fsp3) is 0.0714. The Bertz CT molecular complexity index is 798. The summed E-state index contributed by atoms with van der Waals surface area (Å²) in [6.07, 6.45) is 4.84. The molecular weight excluding hydrogens is 270 g/mol. The van der Waals surface area contributed by atoms with Crippen LogP contribution in [0.5, 0.6) is 0 Å². The van der Waals surface area contributed by atoms with Gasteiger partial charge in [-0.2, -0.15) is 0 Å². The first-order valence-electron chi connectivity index (χ1n) is 6.16. The van der Waals surface area contributed by atoms with Gasteiger partial charge in [0.1, 0.15) is 5.69 Å². The Hall–Kier alpha value is -3.09.